The standard InChI is InChI=1S/C13H14N2O/c1-13(2,3)12(16)10-8-14-15-11-7-5-4-6-9(10)11/h4-8H,1-3H3. The number of Topliss-reactive ketones (excluding diaryl/α,β-unsaturated/α-hetero) is 1. The van der Waals surface area contributed by atoms with Gasteiger partial charge >= 0.3 is 0 Å². The summed E-state index contributed by atoms with van der Waals surface area (Å²) in [6.07, 6.45) is 1.55. The second-order valence-electron chi connectivity index (χ2n) is 4.85. The molecule has 0 radical (unpaired) electrons. The molecule has 1 heterocycles. The smallest absolute Gasteiger partial charge is 0.170 e. The molecule has 0 aliphatic heterocycles. The van der Waals surface area contributed by atoms with Gasteiger partial charge in [0.2, 0.25) is 0 Å². The van der Waals surface area contributed by atoms with E-state index in [-0.39, 0.29) is 5.78 Å². The van der Waals surface area contributed by atoms with Crippen molar-refractivity contribution < 1.29 is 4.79 Å². The summed E-state index contributed by atoms with van der Waals surface area (Å²) in [5.41, 5.74) is 1.02. The van der Waals surface area contributed by atoms with E-state index in [0.29, 0.717) is 5.56 Å². The molecule has 0 saturated carbocycles. The molecule has 1 aromatic heterocycles. The number of carbonyl (C=O) groups excluding carboxylic acids is 1. The molecule has 3 nitrogen and oxygen atoms in total. The maximum absolute atomic E-state index is 12.2. The maximum atomic E-state index is 12.2. The van der Waals surface area contributed by atoms with Gasteiger partial charge < -0.3 is 0 Å². The van der Waals surface area contributed by atoms with Gasteiger partial charge in [-0.15, -0.1) is 0 Å². The van der Waals surface area contributed by atoms with Crippen molar-refractivity contribution in [3.8, 4) is 0 Å². The molecule has 3 heteroatoms. The van der Waals surface area contributed by atoms with Crippen molar-refractivity contribution in [2.24, 2.45) is 5.41 Å². The second-order valence-corrected chi connectivity index (χ2v) is 4.85. The summed E-state index contributed by atoms with van der Waals surface area (Å²) in [5.74, 6) is 0.0959. The number of carbonyl (C=O) groups is 1. The third-order valence-corrected chi connectivity index (χ3v) is 2.47. The van der Waals surface area contributed by atoms with E-state index < -0.39 is 5.41 Å². The molecule has 0 amide bonds. The van der Waals surface area contributed by atoms with Gasteiger partial charge in [-0.1, -0.05) is 39.0 Å². The Bertz CT molecular complexity index is 536. The van der Waals surface area contributed by atoms with Gasteiger partial charge in [-0.05, 0) is 6.07 Å². The Kier molecular flexibility index (Phi) is 2.46. The lowest BCUT2D eigenvalue weighted by Crippen LogP contribution is -2.20. The fourth-order valence-electron chi connectivity index (χ4n) is 1.59. The number of fused-ring (bicyclic) bond motifs is 1. The van der Waals surface area contributed by atoms with Crippen molar-refractivity contribution >= 4 is 16.7 Å². The SMILES string of the molecule is CC(C)(C)C(=O)c1cnnc2ccccc12. The van der Waals surface area contributed by atoms with E-state index in [1.54, 1.807) is 6.20 Å². The molecule has 16 heavy (non-hydrogen) atoms. The van der Waals surface area contributed by atoms with Crippen LogP contribution in [0.15, 0.2) is 30.5 Å². The Labute approximate surface area is 94.5 Å². The summed E-state index contributed by atoms with van der Waals surface area (Å²) in [6.45, 7) is 5.72. The van der Waals surface area contributed by atoms with E-state index in [0.717, 1.165) is 10.9 Å². The van der Waals surface area contributed by atoms with Crippen molar-refractivity contribution in [2.75, 3.05) is 0 Å². The van der Waals surface area contributed by atoms with Crippen LogP contribution in [0.1, 0.15) is 31.1 Å². The molecule has 0 aliphatic carbocycles. The minimum Gasteiger partial charge on any atom is -0.294 e. The molecular formula is C13H14N2O. The Hall–Kier alpha value is -1.77. The molecular weight excluding hydrogens is 200 g/mol. The molecule has 2 rings (SSSR count). The Morgan fingerprint density at radius 2 is 1.88 bits per heavy atom. The van der Waals surface area contributed by atoms with Gasteiger partial charge in [-0.3, -0.25) is 4.79 Å². The Morgan fingerprint density at radius 1 is 1.19 bits per heavy atom. The number of hydrogen-bond donors (Lipinski definition) is 0. The van der Waals surface area contributed by atoms with Gasteiger partial charge in [-0.25, -0.2) is 0 Å². The predicted octanol–water partition coefficient (Wildman–Crippen LogP) is 2.86. The maximum Gasteiger partial charge on any atom is 0.170 e. The lowest BCUT2D eigenvalue weighted by atomic mass is 9.86. The van der Waals surface area contributed by atoms with Crippen LogP contribution < -0.4 is 0 Å². The average Bonchev–Trinajstić information content (AvgIpc) is 2.26. The number of aromatic nitrogens is 2. The van der Waals surface area contributed by atoms with Crippen LogP contribution in [0.3, 0.4) is 0 Å². The Balaban J connectivity index is 2.66. The number of rotatable bonds is 1. The predicted molar refractivity (Wildman–Crippen MR) is 63.3 cm³/mol. The quantitative estimate of drug-likeness (QED) is 0.685. The van der Waals surface area contributed by atoms with E-state index in [9.17, 15) is 4.79 Å². The third kappa shape index (κ3) is 1.81. The molecule has 82 valence electrons. The van der Waals surface area contributed by atoms with Crippen LogP contribution in [0.2, 0.25) is 0 Å². The molecule has 0 atom stereocenters. The minimum atomic E-state index is -0.397. The highest BCUT2D eigenvalue weighted by molar-refractivity contribution is 6.09. The average molecular weight is 214 g/mol. The van der Waals surface area contributed by atoms with Crippen LogP contribution in [-0.4, -0.2) is 16.0 Å². The first-order valence-corrected chi connectivity index (χ1v) is 5.25. The molecule has 0 saturated heterocycles. The summed E-state index contributed by atoms with van der Waals surface area (Å²) in [5, 5.41) is 8.75. The van der Waals surface area contributed by atoms with E-state index in [1.165, 1.54) is 0 Å². The van der Waals surface area contributed by atoms with E-state index in [2.05, 4.69) is 10.2 Å². The largest absolute Gasteiger partial charge is 0.294 e. The summed E-state index contributed by atoms with van der Waals surface area (Å²) in [7, 11) is 0. The number of nitrogens with zero attached hydrogens (tertiary/aromatic N) is 2. The van der Waals surface area contributed by atoms with Crippen molar-refractivity contribution in [3.05, 3.63) is 36.0 Å². The van der Waals surface area contributed by atoms with Crippen LogP contribution in [0.4, 0.5) is 0 Å². The number of benzene rings is 1. The summed E-state index contributed by atoms with van der Waals surface area (Å²) in [4.78, 5) is 12.2. The monoisotopic (exact) mass is 214 g/mol. The van der Waals surface area contributed by atoms with E-state index in [1.807, 2.05) is 45.0 Å². The first-order chi connectivity index (χ1) is 7.50. The van der Waals surface area contributed by atoms with Gasteiger partial charge in [-0.2, -0.15) is 10.2 Å². The lowest BCUT2D eigenvalue weighted by molar-refractivity contribution is 0.0859. The fraction of sp³-hybridized carbons (Fsp3) is 0.308. The van der Waals surface area contributed by atoms with Crippen LogP contribution in [0, 0.1) is 5.41 Å². The molecule has 0 aliphatic rings. The fourth-order valence-corrected chi connectivity index (χ4v) is 1.59. The number of ketones is 1. The van der Waals surface area contributed by atoms with Crippen LogP contribution >= 0.6 is 0 Å². The molecule has 2 aromatic rings. The van der Waals surface area contributed by atoms with Crippen molar-refractivity contribution in [2.45, 2.75) is 20.8 Å². The zero-order valence-electron chi connectivity index (χ0n) is 9.69. The highest BCUT2D eigenvalue weighted by Gasteiger charge is 2.24. The molecule has 0 unspecified atom stereocenters. The van der Waals surface area contributed by atoms with Gasteiger partial charge in [0.25, 0.3) is 0 Å². The van der Waals surface area contributed by atoms with E-state index >= 15 is 0 Å². The van der Waals surface area contributed by atoms with Crippen molar-refractivity contribution in [1.29, 1.82) is 0 Å². The summed E-state index contributed by atoms with van der Waals surface area (Å²) < 4.78 is 0. The van der Waals surface area contributed by atoms with Crippen LogP contribution in [0.5, 0.6) is 0 Å². The summed E-state index contributed by atoms with van der Waals surface area (Å²) >= 11 is 0. The highest BCUT2D eigenvalue weighted by Crippen LogP contribution is 2.24. The van der Waals surface area contributed by atoms with Crippen molar-refractivity contribution in [3.63, 3.8) is 0 Å². The van der Waals surface area contributed by atoms with Gasteiger partial charge in [0.1, 0.15) is 0 Å². The molecule has 0 bridgehead atoms. The topological polar surface area (TPSA) is 42.9 Å². The van der Waals surface area contributed by atoms with Gasteiger partial charge in [0.05, 0.1) is 11.7 Å². The third-order valence-electron chi connectivity index (χ3n) is 2.47. The van der Waals surface area contributed by atoms with Crippen molar-refractivity contribution in [1.82, 2.24) is 10.2 Å². The highest BCUT2D eigenvalue weighted by atomic mass is 16.1. The first kappa shape index (κ1) is 10.7. The zero-order valence-corrected chi connectivity index (χ0v) is 9.69. The first-order valence-electron chi connectivity index (χ1n) is 5.25. The van der Waals surface area contributed by atoms with Crippen LogP contribution in [0.25, 0.3) is 10.9 Å². The lowest BCUT2D eigenvalue weighted by Gasteiger charge is -2.17. The number of hydrogen-bond acceptors (Lipinski definition) is 3. The van der Waals surface area contributed by atoms with Gasteiger partial charge in [0.15, 0.2) is 5.78 Å². The Morgan fingerprint density at radius 3 is 2.56 bits per heavy atom. The minimum absolute atomic E-state index is 0.0959. The summed E-state index contributed by atoms with van der Waals surface area (Å²) in [6, 6.07) is 7.57. The second kappa shape index (κ2) is 3.67. The molecule has 1 aromatic carbocycles. The van der Waals surface area contributed by atoms with Crippen LogP contribution in [-0.2, 0) is 0 Å². The van der Waals surface area contributed by atoms with Gasteiger partial charge in [0, 0.05) is 16.4 Å². The zero-order chi connectivity index (χ0) is 11.8. The normalized spacial score (nSPS) is 11.7. The molecule has 0 N–H and O–H groups in total. The molecule has 0 fully saturated rings. The molecule has 0 spiro atoms. The van der Waals surface area contributed by atoms with E-state index in [4.69, 9.17) is 0 Å².